The van der Waals surface area contributed by atoms with Crippen LogP contribution in [0.3, 0.4) is 0 Å². The summed E-state index contributed by atoms with van der Waals surface area (Å²) in [4.78, 5) is 39.7. The number of benzene rings is 3. The van der Waals surface area contributed by atoms with Crippen molar-refractivity contribution < 1.29 is 19.1 Å². The van der Waals surface area contributed by atoms with Crippen LogP contribution in [-0.4, -0.2) is 23.9 Å². The van der Waals surface area contributed by atoms with Gasteiger partial charge in [-0.15, -0.1) is 0 Å². The van der Waals surface area contributed by atoms with E-state index in [0.29, 0.717) is 27.6 Å². The number of anilines is 1. The van der Waals surface area contributed by atoms with Crippen molar-refractivity contribution in [3.05, 3.63) is 76.3 Å². The maximum absolute atomic E-state index is 13.4. The van der Waals surface area contributed by atoms with Crippen molar-refractivity contribution in [1.82, 2.24) is 5.32 Å². The van der Waals surface area contributed by atoms with Gasteiger partial charge < -0.3 is 4.74 Å². The van der Waals surface area contributed by atoms with Gasteiger partial charge in [-0.1, -0.05) is 54.9 Å². The zero-order valence-electron chi connectivity index (χ0n) is 18.5. The summed E-state index contributed by atoms with van der Waals surface area (Å²) in [7, 11) is 0. The molecule has 1 aliphatic heterocycles. The van der Waals surface area contributed by atoms with Gasteiger partial charge in [0.15, 0.2) is 0 Å². The molecule has 4 amide bonds. The van der Waals surface area contributed by atoms with Crippen LogP contribution in [0.15, 0.2) is 60.2 Å². The molecule has 1 heterocycles. The Kier molecular flexibility index (Phi) is 6.20. The van der Waals surface area contributed by atoms with Crippen LogP contribution in [0.5, 0.6) is 5.75 Å². The molecule has 0 radical (unpaired) electrons. The minimum absolute atomic E-state index is 0.0635. The second kappa shape index (κ2) is 9.08. The first kappa shape index (κ1) is 22.6. The number of hydrogen-bond acceptors (Lipinski definition) is 4. The first-order valence-electron chi connectivity index (χ1n) is 10.7. The van der Waals surface area contributed by atoms with Gasteiger partial charge in [-0.2, -0.15) is 0 Å². The summed E-state index contributed by atoms with van der Waals surface area (Å²) in [5, 5.41) is 4.44. The van der Waals surface area contributed by atoms with Crippen molar-refractivity contribution in [1.29, 1.82) is 0 Å². The highest BCUT2D eigenvalue weighted by molar-refractivity contribution is 6.40. The van der Waals surface area contributed by atoms with Gasteiger partial charge in [-0.3, -0.25) is 14.9 Å². The first-order chi connectivity index (χ1) is 15.8. The molecule has 0 saturated carbocycles. The van der Waals surface area contributed by atoms with Crippen LogP contribution in [0.1, 0.15) is 31.4 Å². The van der Waals surface area contributed by atoms with E-state index < -0.39 is 17.8 Å². The molecule has 1 atom stereocenters. The zero-order valence-corrected chi connectivity index (χ0v) is 19.3. The summed E-state index contributed by atoms with van der Waals surface area (Å²) in [6.07, 6.45) is 2.22. The summed E-state index contributed by atoms with van der Waals surface area (Å²) >= 11 is 6.20. The molecule has 0 bridgehead atoms. The smallest absolute Gasteiger partial charge is 0.335 e. The summed E-state index contributed by atoms with van der Waals surface area (Å²) in [5.41, 5.74) is 1.31. The van der Waals surface area contributed by atoms with E-state index in [2.05, 4.69) is 5.32 Å². The van der Waals surface area contributed by atoms with E-state index in [-0.39, 0.29) is 11.7 Å². The summed E-state index contributed by atoms with van der Waals surface area (Å²) in [5.74, 6) is -0.932. The number of hydrogen-bond donors (Lipinski definition) is 1. The second-order valence-electron chi connectivity index (χ2n) is 7.88. The monoisotopic (exact) mass is 462 g/mol. The number of nitrogens with one attached hydrogen (secondary N) is 1. The predicted molar refractivity (Wildman–Crippen MR) is 130 cm³/mol. The fourth-order valence-corrected chi connectivity index (χ4v) is 3.86. The summed E-state index contributed by atoms with van der Waals surface area (Å²) < 4.78 is 6.10. The maximum Gasteiger partial charge on any atom is 0.335 e. The maximum atomic E-state index is 13.4. The Bertz CT molecular complexity index is 1310. The lowest BCUT2D eigenvalue weighted by molar-refractivity contribution is -0.122. The molecule has 7 heteroatoms. The molecule has 0 spiro atoms. The SMILES string of the molecule is CC[C@H](C)Oc1ccc2ccccc2c1/C=C1\C(=O)NC(=O)N(c2cccc(Cl)c2C)C1=O. The van der Waals surface area contributed by atoms with Gasteiger partial charge in [0.1, 0.15) is 11.3 Å². The zero-order chi connectivity index (χ0) is 23.7. The third-order valence-corrected chi connectivity index (χ3v) is 6.11. The number of halogens is 1. The third kappa shape index (κ3) is 4.22. The van der Waals surface area contributed by atoms with Crippen LogP contribution in [0.25, 0.3) is 16.8 Å². The Labute approximate surface area is 196 Å². The summed E-state index contributed by atoms with van der Waals surface area (Å²) in [6.45, 7) is 5.67. The fraction of sp³-hybridized carbons (Fsp3) is 0.192. The molecule has 3 aromatic carbocycles. The van der Waals surface area contributed by atoms with E-state index in [4.69, 9.17) is 16.3 Å². The topological polar surface area (TPSA) is 75.7 Å². The van der Waals surface area contributed by atoms with E-state index in [9.17, 15) is 14.4 Å². The normalized spacial score (nSPS) is 16.3. The van der Waals surface area contributed by atoms with Crippen LogP contribution in [0.2, 0.25) is 5.02 Å². The molecule has 3 aromatic rings. The van der Waals surface area contributed by atoms with Crippen molar-refractivity contribution in [2.75, 3.05) is 4.90 Å². The standard InChI is InChI=1S/C26H23ClN2O4/c1-4-15(2)33-23-13-12-17-8-5-6-9-18(17)19(23)14-20-24(30)28-26(32)29(25(20)31)22-11-7-10-21(27)16(22)3/h5-15H,4H2,1-3H3,(H,28,30,32)/b20-14+/t15-/m0/s1. The molecular weight excluding hydrogens is 440 g/mol. The van der Waals surface area contributed by atoms with E-state index in [1.54, 1.807) is 25.1 Å². The largest absolute Gasteiger partial charge is 0.490 e. The van der Waals surface area contributed by atoms with Crippen LogP contribution >= 0.6 is 11.6 Å². The Morgan fingerprint density at radius 1 is 1.06 bits per heavy atom. The lowest BCUT2D eigenvalue weighted by Crippen LogP contribution is -2.54. The average Bonchev–Trinajstić information content (AvgIpc) is 2.80. The number of urea groups is 1. The van der Waals surface area contributed by atoms with Crippen LogP contribution in [-0.2, 0) is 9.59 Å². The number of carbonyl (C=O) groups excluding carboxylic acids is 3. The quantitative estimate of drug-likeness (QED) is 0.393. The lowest BCUT2D eigenvalue weighted by atomic mass is 9.99. The molecule has 1 fully saturated rings. The van der Waals surface area contributed by atoms with Crippen molar-refractivity contribution in [2.24, 2.45) is 0 Å². The number of imide groups is 2. The van der Waals surface area contributed by atoms with Gasteiger partial charge in [0.2, 0.25) is 0 Å². The van der Waals surface area contributed by atoms with Crippen molar-refractivity contribution in [3.8, 4) is 5.75 Å². The molecule has 4 rings (SSSR count). The Balaban J connectivity index is 1.88. The van der Waals surface area contributed by atoms with Crippen molar-refractivity contribution in [3.63, 3.8) is 0 Å². The highest BCUT2D eigenvalue weighted by Crippen LogP contribution is 2.34. The molecule has 33 heavy (non-hydrogen) atoms. The van der Waals surface area contributed by atoms with Gasteiger partial charge >= 0.3 is 6.03 Å². The van der Waals surface area contributed by atoms with Gasteiger partial charge in [0, 0.05) is 10.6 Å². The average molecular weight is 463 g/mol. The highest BCUT2D eigenvalue weighted by Gasteiger charge is 2.38. The molecule has 1 saturated heterocycles. The van der Waals surface area contributed by atoms with Crippen LogP contribution in [0.4, 0.5) is 10.5 Å². The molecule has 0 aliphatic carbocycles. The number of nitrogens with zero attached hydrogens (tertiary/aromatic N) is 1. The number of amides is 4. The molecular formula is C26H23ClN2O4. The van der Waals surface area contributed by atoms with Crippen molar-refractivity contribution in [2.45, 2.75) is 33.3 Å². The van der Waals surface area contributed by atoms with Gasteiger partial charge in [-0.25, -0.2) is 9.69 Å². The predicted octanol–water partition coefficient (Wildman–Crippen LogP) is 5.65. The lowest BCUT2D eigenvalue weighted by Gasteiger charge is -2.28. The van der Waals surface area contributed by atoms with Gasteiger partial charge in [0.05, 0.1) is 11.8 Å². The minimum Gasteiger partial charge on any atom is -0.490 e. The number of fused-ring (bicyclic) bond motifs is 1. The van der Waals surface area contributed by atoms with E-state index in [1.807, 2.05) is 50.2 Å². The molecule has 0 aromatic heterocycles. The highest BCUT2D eigenvalue weighted by atomic mass is 35.5. The number of barbiturate groups is 1. The van der Waals surface area contributed by atoms with E-state index >= 15 is 0 Å². The minimum atomic E-state index is -0.818. The third-order valence-electron chi connectivity index (χ3n) is 5.70. The molecule has 168 valence electrons. The van der Waals surface area contributed by atoms with Gasteiger partial charge in [-0.05, 0) is 60.9 Å². The second-order valence-corrected chi connectivity index (χ2v) is 8.28. The van der Waals surface area contributed by atoms with Crippen LogP contribution < -0.4 is 15.0 Å². The van der Waals surface area contributed by atoms with Crippen molar-refractivity contribution >= 4 is 52.0 Å². The Morgan fingerprint density at radius 3 is 2.58 bits per heavy atom. The Hall–Kier alpha value is -3.64. The first-order valence-corrected chi connectivity index (χ1v) is 11.0. The molecule has 6 nitrogen and oxygen atoms in total. The van der Waals surface area contributed by atoms with Gasteiger partial charge in [0.25, 0.3) is 11.8 Å². The van der Waals surface area contributed by atoms with Crippen LogP contribution in [0, 0.1) is 6.92 Å². The number of ether oxygens (including phenoxy) is 1. The Morgan fingerprint density at radius 2 is 1.82 bits per heavy atom. The number of rotatable bonds is 5. The number of carbonyl (C=O) groups is 3. The molecule has 1 N–H and O–H groups in total. The fourth-order valence-electron chi connectivity index (χ4n) is 3.69. The molecule has 0 unspecified atom stereocenters. The van der Waals surface area contributed by atoms with E-state index in [0.717, 1.165) is 22.1 Å². The van der Waals surface area contributed by atoms with E-state index in [1.165, 1.54) is 6.08 Å². The summed E-state index contributed by atoms with van der Waals surface area (Å²) in [6, 6.07) is 15.5. The molecule has 1 aliphatic rings.